The molecule has 1 aromatic carbocycles. The summed E-state index contributed by atoms with van der Waals surface area (Å²) >= 11 is 0. The summed E-state index contributed by atoms with van der Waals surface area (Å²) in [6.45, 7) is 9.25. The summed E-state index contributed by atoms with van der Waals surface area (Å²) in [4.78, 5) is 74.0. The molecule has 216 valence electrons. The molecule has 5 amide bonds. The summed E-state index contributed by atoms with van der Waals surface area (Å²) < 4.78 is 4.71. The van der Waals surface area contributed by atoms with Crippen molar-refractivity contribution in [3.05, 3.63) is 35.9 Å². The van der Waals surface area contributed by atoms with Gasteiger partial charge in [0.1, 0.15) is 24.2 Å². The van der Waals surface area contributed by atoms with Gasteiger partial charge in [-0.25, -0.2) is 0 Å². The van der Waals surface area contributed by atoms with Crippen LogP contribution in [0.25, 0.3) is 0 Å². The average Bonchev–Trinajstić information content (AvgIpc) is 2.84. The van der Waals surface area contributed by atoms with E-state index in [1.165, 1.54) is 6.92 Å². The second kappa shape index (κ2) is 16.1. The van der Waals surface area contributed by atoms with Gasteiger partial charge in [-0.15, -0.1) is 0 Å². The number of hydrogen-bond donors (Lipinski definition) is 5. The molecule has 6 N–H and O–H groups in total. The van der Waals surface area contributed by atoms with Crippen LogP contribution in [0.5, 0.6) is 0 Å². The minimum atomic E-state index is -1.07. The lowest BCUT2D eigenvalue weighted by molar-refractivity contribution is -0.147. The number of carbonyl (C=O) groups excluding carboxylic acids is 6. The zero-order valence-electron chi connectivity index (χ0n) is 23.4. The van der Waals surface area contributed by atoms with Crippen molar-refractivity contribution in [1.82, 2.24) is 21.3 Å². The SMILES string of the molecule is CC(=O)OCC(=O)N[C@@H](Cc1ccccc1)C(=O)N[C@H](C(=O)N[C@@H](C)C(=O)N[C@@H](CC(C)C)C(N)=O)C(C)C. The van der Waals surface area contributed by atoms with Gasteiger partial charge in [-0.1, -0.05) is 58.0 Å². The molecular formula is C27H41N5O7. The van der Waals surface area contributed by atoms with E-state index in [4.69, 9.17) is 10.5 Å². The molecule has 0 fully saturated rings. The van der Waals surface area contributed by atoms with Gasteiger partial charge in [0.25, 0.3) is 5.91 Å². The number of nitrogens with two attached hydrogens (primary N) is 1. The van der Waals surface area contributed by atoms with Crippen LogP contribution in [0.1, 0.15) is 53.5 Å². The highest BCUT2D eigenvalue weighted by Crippen LogP contribution is 2.08. The Morgan fingerprint density at radius 2 is 1.41 bits per heavy atom. The van der Waals surface area contributed by atoms with E-state index in [1.807, 2.05) is 19.9 Å². The molecule has 0 saturated heterocycles. The first-order valence-electron chi connectivity index (χ1n) is 12.9. The van der Waals surface area contributed by atoms with Crippen LogP contribution in [0, 0.1) is 11.8 Å². The standard InChI is InChI=1S/C27H41N5O7/c1-15(2)12-20(24(28)35)31-25(36)17(5)29-27(38)23(16(3)4)32-26(37)21(13-19-10-8-7-9-11-19)30-22(34)14-39-18(6)33/h7-11,15-17,20-21,23H,12-14H2,1-6H3,(H2,28,35)(H,29,38)(H,30,34)(H,31,36)(H,32,37)/t17-,20-,21-,23-/m0/s1. The normalized spacial score (nSPS) is 13.9. The summed E-state index contributed by atoms with van der Waals surface area (Å²) in [6.07, 6.45) is 0.465. The van der Waals surface area contributed by atoms with E-state index < -0.39 is 66.3 Å². The zero-order chi connectivity index (χ0) is 29.7. The van der Waals surface area contributed by atoms with Crippen LogP contribution >= 0.6 is 0 Å². The Bertz CT molecular complexity index is 1010. The number of hydrogen-bond acceptors (Lipinski definition) is 7. The summed E-state index contributed by atoms with van der Waals surface area (Å²) in [6, 6.07) is 4.92. The topological polar surface area (TPSA) is 186 Å². The summed E-state index contributed by atoms with van der Waals surface area (Å²) in [5.74, 6) is -4.12. The fraction of sp³-hybridized carbons (Fsp3) is 0.556. The second-order valence-electron chi connectivity index (χ2n) is 10.1. The molecule has 39 heavy (non-hydrogen) atoms. The lowest BCUT2D eigenvalue weighted by atomic mass is 10.0. The average molecular weight is 548 g/mol. The molecule has 0 spiro atoms. The van der Waals surface area contributed by atoms with Gasteiger partial charge >= 0.3 is 5.97 Å². The van der Waals surface area contributed by atoms with Crippen molar-refractivity contribution in [3.63, 3.8) is 0 Å². The van der Waals surface area contributed by atoms with Crippen LogP contribution in [0.15, 0.2) is 30.3 Å². The number of carbonyl (C=O) groups is 6. The minimum Gasteiger partial charge on any atom is -0.456 e. The zero-order valence-corrected chi connectivity index (χ0v) is 23.4. The monoisotopic (exact) mass is 547 g/mol. The van der Waals surface area contributed by atoms with E-state index >= 15 is 0 Å². The van der Waals surface area contributed by atoms with E-state index in [9.17, 15) is 28.8 Å². The first-order valence-corrected chi connectivity index (χ1v) is 12.9. The highest BCUT2D eigenvalue weighted by molar-refractivity contribution is 5.95. The Hall–Kier alpha value is -3.96. The number of primary amides is 1. The van der Waals surface area contributed by atoms with Gasteiger partial charge in [-0.2, -0.15) is 0 Å². The van der Waals surface area contributed by atoms with E-state index in [1.54, 1.807) is 38.1 Å². The molecule has 0 aliphatic carbocycles. The van der Waals surface area contributed by atoms with Crippen molar-refractivity contribution >= 4 is 35.5 Å². The van der Waals surface area contributed by atoms with Crippen LogP contribution in [-0.4, -0.2) is 66.3 Å². The van der Waals surface area contributed by atoms with Crippen molar-refractivity contribution in [2.75, 3.05) is 6.61 Å². The lowest BCUT2D eigenvalue weighted by Crippen LogP contribution is -2.59. The highest BCUT2D eigenvalue weighted by atomic mass is 16.5. The Labute approximate surface area is 229 Å². The third kappa shape index (κ3) is 12.4. The molecular weight excluding hydrogens is 506 g/mol. The quantitative estimate of drug-likeness (QED) is 0.190. The van der Waals surface area contributed by atoms with Crippen molar-refractivity contribution in [2.45, 2.75) is 78.6 Å². The van der Waals surface area contributed by atoms with Gasteiger partial charge in [-0.05, 0) is 30.7 Å². The molecule has 12 heteroatoms. The Morgan fingerprint density at radius 1 is 0.795 bits per heavy atom. The molecule has 1 aromatic rings. The smallest absolute Gasteiger partial charge is 0.303 e. The van der Waals surface area contributed by atoms with Gasteiger partial charge in [0.2, 0.25) is 23.6 Å². The molecule has 12 nitrogen and oxygen atoms in total. The van der Waals surface area contributed by atoms with Gasteiger partial charge < -0.3 is 31.7 Å². The van der Waals surface area contributed by atoms with E-state index in [2.05, 4.69) is 21.3 Å². The van der Waals surface area contributed by atoms with Crippen molar-refractivity contribution < 1.29 is 33.5 Å². The third-order valence-corrected chi connectivity index (χ3v) is 5.71. The van der Waals surface area contributed by atoms with Crippen molar-refractivity contribution in [3.8, 4) is 0 Å². The molecule has 4 atom stereocenters. The fourth-order valence-electron chi connectivity index (χ4n) is 3.63. The maximum Gasteiger partial charge on any atom is 0.303 e. The second-order valence-corrected chi connectivity index (χ2v) is 10.1. The first-order chi connectivity index (χ1) is 18.2. The maximum absolute atomic E-state index is 13.2. The number of nitrogens with one attached hydrogen (secondary N) is 4. The molecule has 0 heterocycles. The van der Waals surface area contributed by atoms with Crippen molar-refractivity contribution in [1.29, 1.82) is 0 Å². The molecule has 0 aromatic heterocycles. The Morgan fingerprint density at radius 3 is 1.92 bits per heavy atom. The molecule has 0 bridgehead atoms. The predicted octanol–water partition coefficient (Wildman–Crippen LogP) is -0.0613. The molecule has 1 rings (SSSR count). The molecule has 0 radical (unpaired) electrons. The van der Waals surface area contributed by atoms with Gasteiger partial charge in [0, 0.05) is 13.3 Å². The number of ether oxygens (including phenoxy) is 1. The summed E-state index contributed by atoms with van der Waals surface area (Å²) in [5, 5.41) is 10.3. The summed E-state index contributed by atoms with van der Waals surface area (Å²) in [7, 11) is 0. The molecule has 0 saturated carbocycles. The van der Waals surface area contributed by atoms with E-state index in [0.29, 0.717) is 6.42 Å². The molecule has 0 unspecified atom stereocenters. The maximum atomic E-state index is 13.2. The summed E-state index contributed by atoms with van der Waals surface area (Å²) in [5.41, 5.74) is 6.14. The van der Waals surface area contributed by atoms with Crippen LogP contribution in [0.2, 0.25) is 0 Å². The highest BCUT2D eigenvalue weighted by Gasteiger charge is 2.31. The van der Waals surface area contributed by atoms with Crippen LogP contribution in [0.4, 0.5) is 0 Å². The fourth-order valence-corrected chi connectivity index (χ4v) is 3.63. The lowest BCUT2D eigenvalue weighted by Gasteiger charge is -2.27. The predicted molar refractivity (Wildman–Crippen MR) is 144 cm³/mol. The minimum absolute atomic E-state index is 0.103. The first kappa shape index (κ1) is 33.1. The molecule has 0 aliphatic rings. The van der Waals surface area contributed by atoms with Gasteiger partial charge in [0.05, 0.1) is 0 Å². The Kier molecular flexibility index (Phi) is 13.7. The van der Waals surface area contributed by atoms with Crippen LogP contribution < -0.4 is 27.0 Å². The van der Waals surface area contributed by atoms with Gasteiger partial charge in [-0.3, -0.25) is 28.8 Å². The number of amides is 5. The van der Waals surface area contributed by atoms with Gasteiger partial charge in [0.15, 0.2) is 6.61 Å². The van der Waals surface area contributed by atoms with E-state index in [0.717, 1.165) is 12.5 Å². The Balaban J connectivity index is 2.96. The number of esters is 1. The molecule has 0 aliphatic heterocycles. The number of benzene rings is 1. The largest absolute Gasteiger partial charge is 0.456 e. The van der Waals surface area contributed by atoms with Crippen LogP contribution in [-0.2, 0) is 39.9 Å². The number of rotatable bonds is 15. The van der Waals surface area contributed by atoms with Crippen molar-refractivity contribution in [2.24, 2.45) is 17.6 Å². The van der Waals surface area contributed by atoms with E-state index in [-0.39, 0.29) is 18.3 Å². The third-order valence-electron chi connectivity index (χ3n) is 5.71. The van der Waals surface area contributed by atoms with Crippen LogP contribution in [0.3, 0.4) is 0 Å².